The molecule has 11 aromatic rings. The maximum Gasteiger partial charge on any atom is 0.0725 e. The summed E-state index contributed by atoms with van der Waals surface area (Å²) >= 11 is 0. The lowest BCUT2D eigenvalue weighted by Gasteiger charge is -2.31. The Bertz CT molecular complexity index is 3480. The van der Waals surface area contributed by atoms with E-state index in [1.165, 1.54) is 88.2 Å². The van der Waals surface area contributed by atoms with Gasteiger partial charge in [0.15, 0.2) is 0 Å². The molecular formula is C59H38N2. The van der Waals surface area contributed by atoms with E-state index in [1.54, 1.807) is 0 Å². The number of fused-ring (bicyclic) bond motifs is 14. The highest BCUT2D eigenvalue weighted by molar-refractivity contribution is 6.12. The summed E-state index contributed by atoms with van der Waals surface area (Å²) in [4.78, 5) is 2.43. The molecule has 0 unspecified atom stereocenters. The molecule has 61 heavy (non-hydrogen) atoms. The fourth-order valence-electron chi connectivity index (χ4n) is 10.9. The molecule has 0 saturated heterocycles. The highest BCUT2D eigenvalue weighted by Gasteiger charge is 2.51. The van der Waals surface area contributed by atoms with Crippen LogP contribution in [-0.2, 0) is 5.41 Å². The minimum Gasteiger partial charge on any atom is -0.310 e. The summed E-state index contributed by atoms with van der Waals surface area (Å²) in [6.07, 6.45) is 0. The molecule has 1 heterocycles. The number of benzene rings is 10. The first-order chi connectivity index (χ1) is 30.3. The van der Waals surface area contributed by atoms with Crippen LogP contribution in [0.1, 0.15) is 22.3 Å². The highest BCUT2D eigenvalue weighted by Crippen LogP contribution is 2.63. The largest absolute Gasteiger partial charge is 0.310 e. The summed E-state index contributed by atoms with van der Waals surface area (Å²) in [6.45, 7) is 0. The molecule has 0 saturated carbocycles. The first-order valence-corrected chi connectivity index (χ1v) is 21.2. The van der Waals surface area contributed by atoms with Gasteiger partial charge in [-0.1, -0.05) is 176 Å². The lowest BCUT2D eigenvalue weighted by atomic mass is 9.70. The topological polar surface area (TPSA) is 8.17 Å². The van der Waals surface area contributed by atoms with Crippen LogP contribution in [0.15, 0.2) is 231 Å². The molecule has 2 heteroatoms. The van der Waals surface area contributed by atoms with Crippen molar-refractivity contribution in [3.63, 3.8) is 0 Å². The minimum atomic E-state index is -0.393. The van der Waals surface area contributed by atoms with E-state index in [9.17, 15) is 0 Å². The number of rotatable bonds is 5. The standard InChI is InChI=1S/C59H38N2/c1-3-17-40(18-4-1)60(42-32-34-51-50-26-12-16-30-56(50)61(58(51)38-42)41-19-5-2-6-20-41)57-36-35-43(44-21-7-8-25-49(44)57)39-31-33-48-47-24-11-15-29-54(47)59(55(48)37-39)52-27-13-9-22-45(52)46-23-10-14-28-53(46)59/h1-38H. The van der Waals surface area contributed by atoms with Gasteiger partial charge in [0, 0.05) is 33.2 Å². The number of nitrogens with zero attached hydrogens (tertiary/aromatic N) is 2. The van der Waals surface area contributed by atoms with Crippen molar-refractivity contribution in [2.45, 2.75) is 5.41 Å². The second-order valence-corrected chi connectivity index (χ2v) is 16.4. The molecule has 1 spiro atoms. The SMILES string of the molecule is c1ccc(N(c2ccc3c4ccccc4n(-c4ccccc4)c3c2)c2ccc(-c3ccc4c(c3)C3(c5ccccc5-c5ccccc53)c3ccccc3-4)c3ccccc23)cc1. The Morgan fingerprint density at radius 1 is 0.311 bits per heavy atom. The maximum absolute atomic E-state index is 2.50. The first kappa shape index (κ1) is 34.0. The minimum absolute atomic E-state index is 0.393. The summed E-state index contributed by atoms with van der Waals surface area (Å²) in [5.41, 5.74) is 19.6. The second kappa shape index (κ2) is 13.0. The molecule has 0 radical (unpaired) electrons. The molecule has 0 amide bonds. The number of hydrogen-bond acceptors (Lipinski definition) is 1. The fraction of sp³-hybridized carbons (Fsp3) is 0.0169. The van der Waals surface area contributed by atoms with Crippen LogP contribution in [0.3, 0.4) is 0 Å². The molecule has 0 aliphatic heterocycles. The second-order valence-electron chi connectivity index (χ2n) is 16.4. The number of para-hydroxylation sites is 3. The molecule has 10 aromatic carbocycles. The Hall–Kier alpha value is -7.94. The molecule has 284 valence electrons. The van der Waals surface area contributed by atoms with Crippen molar-refractivity contribution in [3.8, 4) is 39.1 Å². The van der Waals surface area contributed by atoms with E-state index in [-0.39, 0.29) is 0 Å². The lowest BCUT2D eigenvalue weighted by molar-refractivity contribution is 0.794. The predicted molar refractivity (Wildman–Crippen MR) is 255 cm³/mol. The van der Waals surface area contributed by atoms with Crippen LogP contribution >= 0.6 is 0 Å². The maximum atomic E-state index is 2.50. The molecule has 2 aliphatic rings. The van der Waals surface area contributed by atoms with Crippen molar-refractivity contribution >= 4 is 49.6 Å². The molecule has 1 aromatic heterocycles. The van der Waals surface area contributed by atoms with E-state index in [1.807, 2.05) is 0 Å². The summed E-state index contributed by atoms with van der Waals surface area (Å²) in [6, 6.07) is 85.2. The van der Waals surface area contributed by atoms with Gasteiger partial charge in [-0.05, 0) is 116 Å². The van der Waals surface area contributed by atoms with Crippen molar-refractivity contribution in [2.24, 2.45) is 0 Å². The average Bonchev–Trinajstić information content (AvgIpc) is 3.94. The van der Waals surface area contributed by atoms with Crippen molar-refractivity contribution in [2.75, 3.05) is 4.90 Å². The van der Waals surface area contributed by atoms with Gasteiger partial charge in [-0.25, -0.2) is 0 Å². The Balaban J connectivity index is 1.02. The van der Waals surface area contributed by atoms with Gasteiger partial charge in [-0.3, -0.25) is 0 Å². The van der Waals surface area contributed by atoms with Crippen LogP contribution in [0.4, 0.5) is 17.1 Å². The van der Waals surface area contributed by atoms with Gasteiger partial charge in [0.1, 0.15) is 0 Å². The van der Waals surface area contributed by atoms with E-state index in [4.69, 9.17) is 0 Å². The van der Waals surface area contributed by atoms with Crippen molar-refractivity contribution in [1.82, 2.24) is 4.57 Å². The van der Waals surface area contributed by atoms with Crippen molar-refractivity contribution in [1.29, 1.82) is 0 Å². The summed E-state index contributed by atoms with van der Waals surface area (Å²) in [5, 5.41) is 4.90. The average molecular weight is 775 g/mol. The van der Waals surface area contributed by atoms with E-state index in [2.05, 4.69) is 240 Å². The highest BCUT2D eigenvalue weighted by atomic mass is 15.1. The van der Waals surface area contributed by atoms with E-state index in [0.717, 1.165) is 22.7 Å². The van der Waals surface area contributed by atoms with Crippen LogP contribution in [-0.4, -0.2) is 4.57 Å². The zero-order valence-electron chi connectivity index (χ0n) is 33.3. The number of anilines is 3. The van der Waals surface area contributed by atoms with E-state index in [0.29, 0.717) is 0 Å². The van der Waals surface area contributed by atoms with Crippen LogP contribution in [0.5, 0.6) is 0 Å². The van der Waals surface area contributed by atoms with Gasteiger partial charge < -0.3 is 9.47 Å². The monoisotopic (exact) mass is 774 g/mol. The molecule has 0 N–H and O–H groups in total. The zero-order chi connectivity index (χ0) is 40.1. The molecule has 0 fully saturated rings. The summed E-state index contributed by atoms with van der Waals surface area (Å²) in [7, 11) is 0. The number of hydrogen-bond donors (Lipinski definition) is 0. The fourth-order valence-corrected chi connectivity index (χ4v) is 10.9. The Labute approximate surface area is 354 Å². The van der Waals surface area contributed by atoms with Crippen LogP contribution in [0, 0.1) is 0 Å². The normalized spacial score (nSPS) is 13.0. The predicted octanol–water partition coefficient (Wildman–Crippen LogP) is 15.4. The van der Waals surface area contributed by atoms with Gasteiger partial charge >= 0.3 is 0 Å². The smallest absolute Gasteiger partial charge is 0.0725 e. The molecule has 2 aliphatic carbocycles. The van der Waals surface area contributed by atoms with Gasteiger partial charge in [0.25, 0.3) is 0 Å². The molecule has 0 bridgehead atoms. The van der Waals surface area contributed by atoms with Crippen molar-refractivity contribution in [3.05, 3.63) is 253 Å². The third kappa shape index (κ3) is 4.73. The van der Waals surface area contributed by atoms with Crippen LogP contribution in [0.25, 0.3) is 71.6 Å². The Morgan fingerprint density at radius 2 is 0.836 bits per heavy atom. The van der Waals surface area contributed by atoms with E-state index >= 15 is 0 Å². The quantitative estimate of drug-likeness (QED) is 0.169. The van der Waals surface area contributed by atoms with Gasteiger partial charge in [-0.15, -0.1) is 0 Å². The molecule has 2 nitrogen and oxygen atoms in total. The third-order valence-electron chi connectivity index (χ3n) is 13.4. The Morgan fingerprint density at radius 3 is 1.52 bits per heavy atom. The van der Waals surface area contributed by atoms with Gasteiger partial charge in [0.2, 0.25) is 0 Å². The first-order valence-electron chi connectivity index (χ1n) is 21.2. The third-order valence-corrected chi connectivity index (χ3v) is 13.4. The van der Waals surface area contributed by atoms with Gasteiger partial charge in [-0.2, -0.15) is 0 Å². The lowest BCUT2D eigenvalue weighted by Crippen LogP contribution is -2.25. The number of aromatic nitrogens is 1. The van der Waals surface area contributed by atoms with Gasteiger partial charge in [0.05, 0.1) is 22.1 Å². The Kier molecular flexibility index (Phi) is 7.26. The summed E-state index contributed by atoms with van der Waals surface area (Å²) < 4.78 is 2.40. The van der Waals surface area contributed by atoms with Crippen molar-refractivity contribution < 1.29 is 0 Å². The molecular weight excluding hydrogens is 737 g/mol. The zero-order valence-corrected chi connectivity index (χ0v) is 33.3. The summed E-state index contributed by atoms with van der Waals surface area (Å²) in [5.74, 6) is 0. The van der Waals surface area contributed by atoms with Crippen LogP contribution < -0.4 is 4.90 Å². The molecule has 0 atom stereocenters. The molecule has 13 rings (SSSR count). The van der Waals surface area contributed by atoms with Crippen LogP contribution in [0.2, 0.25) is 0 Å². The van der Waals surface area contributed by atoms with E-state index < -0.39 is 5.41 Å².